The Morgan fingerprint density at radius 2 is 1.77 bits per heavy atom. The molecule has 0 spiro atoms. The number of aromatic nitrogens is 3. The molecule has 0 unspecified atom stereocenters. The lowest BCUT2D eigenvalue weighted by molar-refractivity contribution is 0.0389. The summed E-state index contributed by atoms with van der Waals surface area (Å²) in [4.78, 5) is 15.4. The molecule has 204 valence electrons. The van der Waals surface area contributed by atoms with Gasteiger partial charge in [-0.25, -0.2) is 4.98 Å². The number of hydrogen-bond donors (Lipinski definition) is 3. The van der Waals surface area contributed by atoms with Crippen molar-refractivity contribution in [3.8, 4) is 28.3 Å². The molecule has 2 aromatic heterocycles. The molecule has 3 N–H and O–H groups in total. The molecular formula is C30H36N6O2S. The van der Waals surface area contributed by atoms with Crippen LogP contribution in [0.15, 0.2) is 60.9 Å². The Balaban J connectivity index is 1.34. The fraction of sp³-hybridized carbons (Fsp3) is 0.367. The van der Waals surface area contributed by atoms with Crippen LogP contribution >= 0.6 is 12.2 Å². The van der Waals surface area contributed by atoms with Crippen LogP contribution in [0.25, 0.3) is 33.3 Å². The quantitative estimate of drug-likeness (QED) is 0.268. The van der Waals surface area contributed by atoms with Gasteiger partial charge in [0.2, 0.25) is 0 Å². The Kier molecular flexibility index (Phi) is 8.40. The van der Waals surface area contributed by atoms with Crippen molar-refractivity contribution in [1.82, 2.24) is 30.5 Å². The first kappa shape index (κ1) is 27.1. The first-order chi connectivity index (χ1) is 18.9. The summed E-state index contributed by atoms with van der Waals surface area (Å²) >= 11 is 5.57. The molecule has 1 saturated heterocycles. The number of benzene rings is 2. The molecule has 5 rings (SSSR count). The maximum absolute atomic E-state index is 5.57. The van der Waals surface area contributed by atoms with Crippen LogP contribution in [0.4, 0.5) is 0 Å². The van der Waals surface area contributed by atoms with Crippen LogP contribution in [0.2, 0.25) is 0 Å². The molecule has 0 saturated carbocycles. The SMILES string of the molecule is COc1ccc2cc(-c3nc(C(C)(C)CNC(=S)NCCN4CCOCC4)[nH]c3-c3ccncc3)ccc2c1. The number of morpholine rings is 1. The summed E-state index contributed by atoms with van der Waals surface area (Å²) in [6, 6.07) is 16.5. The zero-order chi connectivity index (χ0) is 27.2. The van der Waals surface area contributed by atoms with Crippen molar-refractivity contribution in [3.63, 3.8) is 0 Å². The van der Waals surface area contributed by atoms with Gasteiger partial charge >= 0.3 is 0 Å². The van der Waals surface area contributed by atoms with Crippen molar-refractivity contribution < 1.29 is 9.47 Å². The lowest BCUT2D eigenvalue weighted by Gasteiger charge is -2.27. The molecule has 1 fully saturated rings. The molecule has 2 aromatic carbocycles. The van der Waals surface area contributed by atoms with Crippen LogP contribution in [0, 0.1) is 0 Å². The van der Waals surface area contributed by atoms with Crippen LogP contribution in [0.1, 0.15) is 19.7 Å². The summed E-state index contributed by atoms with van der Waals surface area (Å²) in [5.74, 6) is 1.74. The van der Waals surface area contributed by atoms with Gasteiger partial charge in [0, 0.05) is 61.7 Å². The molecule has 0 bridgehead atoms. The largest absolute Gasteiger partial charge is 0.497 e. The Labute approximate surface area is 235 Å². The molecular weight excluding hydrogens is 508 g/mol. The van der Waals surface area contributed by atoms with Crippen LogP contribution < -0.4 is 15.4 Å². The van der Waals surface area contributed by atoms with E-state index < -0.39 is 0 Å². The summed E-state index contributed by atoms with van der Waals surface area (Å²) < 4.78 is 10.8. The zero-order valence-corrected chi connectivity index (χ0v) is 23.6. The molecule has 4 aromatic rings. The average Bonchev–Trinajstić information content (AvgIpc) is 3.43. The molecule has 0 aliphatic carbocycles. The molecule has 8 nitrogen and oxygen atoms in total. The first-order valence-electron chi connectivity index (χ1n) is 13.3. The Morgan fingerprint density at radius 3 is 2.54 bits per heavy atom. The minimum absolute atomic E-state index is 0.305. The predicted molar refractivity (Wildman–Crippen MR) is 160 cm³/mol. The van der Waals surface area contributed by atoms with Gasteiger partial charge in [-0.05, 0) is 53.3 Å². The number of imidazole rings is 1. The highest BCUT2D eigenvalue weighted by Crippen LogP contribution is 2.35. The summed E-state index contributed by atoms with van der Waals surface area (Å²) in [7, 11) is 1.69. The van der Waals surface area contributed by atoms with Gasteiger partial charge in [-0.2, -0.15) is 0 Å². The van der Waals surface area contributed by atoms with Gasteiger partial charge in [-0.1, -0.05) is 32.0 Å². The van der Waals surface area contributed by atoms with Crippen molar-refractivity contribution in [2.24, 2.45) is 0 Å². The number of hydrogen-bond acceptors (Lipinski definition) is 6. The van der Waals surface area contributed by atoms with Crippen molar-refractivity contribution >= 4 is 28.1 Å². The second-order valence-corrected chi connectivity index (χ2v) is 10.8. The standard InChI is InChI=1S/C30H36N6O2S/c1-30(2,20-33-29(39)32-12-13-36-14-16-38-17-15-36)28-34-26(21-8-10-31-11-9-21)27(35-28)24-5-4-23-19-25(37-3)7-6-22(23)18-24/h4-11,18-19H,12-17,20H2,1-3H3,(H,34,35)(H2,32,33,39). The summed E-state index contributed by atoms with van der Waals surface area (Å²) in [6.45, 7) is 10.3. The number of rotatable bonds is 9. The van der Waals surface area contributed by atoms with Crippen LogP contribution in [-0.4, -0.2) is 78.0 Å². The smallest absolute Gasteiger partial charge is 0.166 e. The molecule has 1 aliphatic rings. The maximum atomic E-state index is 5.57. The number of H-pyrrole nitrogens is 1. The minimum Gasteiger partial charge on any atom is -0.497 e. The second-order valence-electron chi connectivity index (χ2n) is 10.4. The number of pyridine rings is 1. The normalized spacial score (nSPS) is 14.3. The van der Waals surface area contributed by atoms with Gasteiger partial charge in [0.05, 0.1) is 31.7 Å². The van der Waals surface area contributed by atoms with Crippen molar-refractivity contribution in [2.75, 3.05) is 53.0 Å². The second kappa shape index (κ2) is 12.1. The van der Waals surface area contributed by atoms with Gasteiger partial charge in [0.25, 0.3) is 0 Å². The number of nitrogens with one attached hydrogen (secondary N) is 3. The third-order valence-electron chi connectivity index (χ3n) is 7.14. The van der Waals surface area contributed by atoms with E-state index in [0.29, 0.717) is 11.7 Å². The van der Waals surface area contributed by atoms with Crippen LogP contribution in [0.3, 0.4) is 0 Å². The highest BCUT2D eigenvalue weighted by atomic mass is 32.1. The Morgan fingerprint density at radius 1 is 1.03 bits per heavy atom. The van der Waals surface area contributed by atoms with E-state index in [0.717, 1.165) is 84.3 Å². The topological polar surface area (TPSA) is 87.3 Å². The van der Waals surface area contributed by atoms with Gasteiger partial charge < -0.3 is 25.1 Å². The maximum Gasteiger partial charge on any atom is 0.166 e. The monoisotopic (exact) mass is 544 g/mol. The lowest BCUT2D eigenvalue weighted by Crippen LogP contribution is -2.46. The molecule has 3 heterocycles. The van der Waals surface area contributed by atoms with E-state index in [9.17, 15) is 0 Å². The van der Waals surface area contributed by atoms with Crippen molar-refractivity contribution in [3.05, 3.63) is 66.7 Å². The van der Waals surface area contributed by atoms with Crippen LogP contribution in [-0.2, 0) is 10.2 Å². The molecule has 0 amide bonds. The number of methoxy groups -OCH3 is 1. The highest BCUT2D eigenvalue weighted by molar-refractivity contribution is 7.80. The molecule has 0 atom stereocenters. The van der Waals surface area contributed by atoms with Gasteiger partial charge in [-0.15, -0.1) is 0 Å². The third-order valence-corrected chi connectivity index (χ3v) is 7.43. The molecule has 39 heavy (non-hydrogen) atoms. The first-order valence-corrected chi connectivity index (χ1v) is 13.7. The van der Waals surface area contributed by atoms with E-state index in [2.05, 4.69) is 63.6 Å². The summed E-state index contributed by atoms with van der Waals surface area (Å²) in [5, 5.41) is 9.65. The van der Waals surface area contributed by atoms with Gasteiger partial charge in [0.15, 0.2) is 5.11 Å². The number of fused-ring (bicyclic) bond motifs is 1. The highest BCUT2D eigenvalue weighted by Gasteiger charge is 2.27. The van der Waals surface area contributed by atoms with E-state index in [1.165, 1.54) is 0 Å². The van der Waals surface area contributed by atoms with Crippen LogP contribution in [0.5, 0.6) is 5.75 Å². The predicted octanol–water partition coefficient (Wildman–Crippen LogP) is 4.37. The summed E-state index contributed by atoms with van der Waals surface area (Å²) in [5.41, 5.74) is 3.66. The Hall–Kier alpha value is -3.53. The molecule has 1 aliphatic heterocycles. The van der Waals surface area contributed by atoms with E-state index in [1.807, 2.05) is 24.3 Å². The Bertz CT molecular complexity index is 1420. The molecule has 0 radical (unpaired) electrons. The fourth-order valence-corrected chi connectivity index (χ4v) is 4.90. The van der Waals surface area contributed by atoms with E-state index in [4.69, 9.17) is 26.7 Å². The van der Waals surface area contributed by atoms with E-state index in [-0.39, 0.29) is 5.41 Å². The third kappa shape index (κ3) is 6.55. The average molecular weight is 545 g/mol. The number of nitrogens with zero attached hydrogens (tertiary/aromatic N) is 3. The molecule has 9 heteroatoms. The number of thiocarbonyl (C=S) groups is 1. The van der Waals surface area contributed by atoms with E-state index in [1.54, 1.807) is 19.5 Å². The zero-order valence-electron chi connectivity index (χ0n) is 22.8. The summed E-state index contributed by atoms with van der Waals surface area (Å²) in [6.07, 6.45) is 3.61. The minimum atomic E-state index is -0.305. The lowest BCUT2D eigenvalue weighted by atomic mass is 9.92. The fourth-order valence-electron chi connectivity index (χ4n) is 4.73. The van der Waals surface area contributed by atoms with Gasteiger partial charge in [-0.3, -0.25) is 9.88 Å². The van der Waals surface area contributed by atoms with Gasteiger partial charge in [0.1, 0.15) is 11.6 Å². The van der Waals surface area contributed by atoms with Crippen molar-refractivity contribution in [2.45, 2.75) is 19.3 Å². The van der Waals surface area contributed by atoms with Crippen molar-refractivity contribution in [1.29, 1.82) is 0 Å². The van der Waals surface area contributed by atoms with E-state index >= 15 is 0 Å². The number of aromatic amines is 1. The number of ether oxygens (including phenoxy) is 2.